The number of aliphatic hydroxyl groups excluding tert-OH is 1. The minimum absolute atomic E-state index is 0.126. The highest BCUT2D eigenvalue weighted by molar-refractivity contribution is 5.87. The largest absolute Gasteiger partial charge is 0.478 e. The molecular formula is C13H18N2O3. The van der Waals surface area contributed by atoms with E-state index in [1.165, 1.54) is 0 Å². The Labute approximate surface area is 106 Å². The van der Waals surface area contributed by atoms with Gasteiger partial charge >= 0.3 is 5.97 Å². The molecule has 1 aromatic carbocycles. The van der Waals surface area contributed by atoms with Crippen molar-refractivity contribution in [3.8, 4) is 0 Å². The van der Waals surface area contributed by atoms with Crippen LogP contribution >= 0.6 is 0 Å². The van der Waals surface area contributed by atoms with Crippen LogP contribution < -0.4 is 0 Å². The molecule has 5 heteroatoms. The molecule has 1 aliphatic rings. The van der Waals surface area contributed by atoms with Crippen molar-refractivity contribution in [3.63, 3.8) is 0 Å². The molecule has 2 rings (SSSR count). The van der Waals surface area contributed by atoms with Gasteiger partial charge in [-0.25, -0.2) is 4.79 Å². The van der Waals surface area contributed by atoms with Gasteiger partial charge < -0.3 is 10.2 Å². The van der Waals surface area contributed by atoms with E-state index >= 15 is 0 Å². The Hall–Kier alpha value is -1.43. The van der Waals surface area contributed by atoms with E-state index in [4.69, 9.17) is 10.2 Å². The van der Waals surface area contributed by atoms with E-state index in [1.807, 2.05) is 17.0 Å². The summed E-state index contributed by atoms with van der Waals surface area (Å²) in [6.07, 6.45) is 0. The number of benzene rings is 1. The number of nitrogens with zero attached hydrogens (tertiary/aromatic N) is 2. The summed E-state index contributed by atoms with van der Waals surface area (Å²) in [6, 6.07) is 7.01. The van der Waals surface area contributed by atoms with Crippen LogP contribution in [0.1, 0.15) is 15.9 Å². The van der Waals surface area contributed by atoms with Gasteiger partial charge in [-0.15, -0.1) is 0 Å². The zero-order valence-electron chi connectivity index (χ0n) is 10.2. The minimum Gasteiger partial charge on any atom is -0.478 e. The van der Waals surface area contributed by atoms with Gasteiger partial charge in [0.1, 0.15) is 0 Å². The molecule has 0 spiro atoms. The van der Waals surface area contributed by atoms with Crippen LogP contribution in [0.25, 0.3) is 0 Å². The minimum atomic E-state index is -0.891. The number of carboxylic acid groups (broad SMARTS) is 1. The summed E-state index contributed by atoms with van der Waals surface area (Å²) in [6.45, 7) is 4.58. The number of aliphatic hydroxyl groups is 1. The van der Waals surface area contributed by atoms with Gasteiger partial charge in [-0.2, -0.15) is 0 Å². The van der Waals surface area contributed by atoms with E-state index in [9.17, 15) is 4.79 Å². The molecule has 0 aliphatic carbocycles. The number of hydrogen-bond donors (Lipinski definition) is 2. The first-order valence-electron chi connectivity index (χ1n) is 6.07. The van der Waals surface area contributed by atoms with Crippen LogP contribution in [0.15, 0.2) is 24.3 Å². The average Bonchev–Trinajstić information content (AvgIpc) is 2.40. The molecule has 0 radical (unpaired) electrons. The summed E-state index contributed by atoms with van der Waals surface area (Å²) in [4.78, 5) is 15.0. The Balaban J connectivity index is 1.88. The highest BCUT2D eigenvalue weighted by Gasteiger charge is 2.15. The Morgan fingerprint density at radius 3 is 2.11 bits per heavy atom. The molecule has 0 bridgehead atoms. The lowest BCUT2D eigenvalue weighted by atomic mass is 10.1. The first kappa shape index (κ1) is 13.0. The van der Waals surface area contributed by atoms with Gasteiger partial charge in [0.25, 0.3) is 0 Å². The monoisotopic (exact) mass is 250 g/mol. The average molecular weight is 250 g/mol. The van der Waals surface area contributed by atoms with Crippen molar-refractivity contribution in [1.82, 2.24) is 9.80 Å². The molecule has 2 N–H and O–H groups in total. The van der Waals surface area contributed by atoms with E-state index in [0.29, 0.717) is 5.56 Å². The predicted molar refractivity (Wildman–Crippen MR) is 67.3 cm³/mol. The van der Waals surface area contributed by atoms with Gasteiger partial charge in [-0.3, -0.25) is 9.80 Å². The first-order chi connectivity index (χ1) is 8.69. The van der Waals surface area contributed by atoms with E-state index in [1.54, 1.807) is 12.1 Å². The molecule has 0 amide bonds. The van der Waals surface area contributed by atoms with Crippen molar-refractivity contribution in [3.05, 3.63) is 35.4 Å². The van der Waals surface area contributed by atoms with E-state index in [0.717, 1.165) is 38.3 Å². The molecule has 18 heavy (non-hydrogen) atoms. The third kappa shape index (κ3) is 3.29. The van der Waals surface area contributed by atoms with Crippen LogP contribution in [0, 0.1) is 0 Å². The summed E-state index contributed by atoms with van der Waals surface area (Å²) < 4.78 is 0. The third-order valence-electron chi connectivity index (χ3n) is 3.27. The van der Waals surface area contributed by atoms with Crippen LogP contribution in [0.2, 0.25) is 0 Å². The van der Waals surface area contributed by atoms with Crippen molar-refractivity contribution in [2.75, 3.05) is 32.9 Å². The number of piperazine rings is 1. The molecule has 0 unspecified atom stereocenters. The van der Waals surface area contributed by atoms with Crippen LogP contribution in [-0.4, -0.2) is 58.9 Å². The number of rotatable bonds is 4. The molecule has 98 valence electrons. The molecule has 1 aliphatic heterocycles. The lowest BCUT2D eigenvalue weighted by molar-refractivity contribution is 0.0518. The molecule has 1 heterocycles. The highest BCUT2D eigenvalue weighted by Crippen LogP contribution is 2.10. The molecule has 1 saturated heterocycles. The van der Waals surface area contributed by atoms with Gasteiger partial charge in [0.05, 0.1) is 12.3 Å². The van der Waals surface area contributed by atoms with Crippen molar-refractivity contribution in [2.24, 2.45) is 0 Å². The lowest BCUT2D eigenvalue weighted by Crippen LogP contribution is -2.46. The lowest BCUT2D eigenvalue weighted by Gasteiger charge is -2.33. The molecule has 0 aromatic heterocycles. The molecule has 1 aromatic rings. The van der Waals surface area contributed by atoms with Gasteiger partial charge in [-0.1, -0.05) is 12.1 Å². The second-order valence-corrected chi connectivity index (χ2v) is 4.54. The maximum absolute atomic E-state index is 10.7. The number of carboxylic acids is 1. The summed E-state index contributed by atoms with van der Waals surface area (Å²) in [5.41, 5.74) is 1.45. The van der Waals surface area contributed by atoms with E-state index in [-0.39, 0.29) is 6.73 Å². The fourth-order valence-electron chi connectivity index (χ4n) is 2.10. The smallest absolute Gasteiger partial charge is 0.335 e. The Morgan fingerprint density at radius 2 is 1.61 bits per heavy atom. The molecule has 0 saturated carbocycles. The van der Waals surface area contributed by atoms with Gasteiger partial charge in [0, 0.05) is 32.7 Å². The summed E-state index contributed by atoms with van der Waals surface area (Å²) in [5.74, 6) is -0.891. The Bertz CT molecular complexity index is 397. The maximum atomic E-state index is 10.7. The van der Waals surface area contributed by atoms with Crippen molar-refractivity contribution in [1.29, 1.82) is 0 Å². The number of aromatic carboxylic acids is 1. The van der Waals surface area contributed by atoms with Crippen molar-refractivity contribution >= 4 is 5.97 Å². The summed E-state index contributed by atoms with van der Waals surface area (Å²) >= 11 is 0. The Morgan fingerprint density at radius 1 is 1.06 bits per heavy atom. The van der Waals surface area contributed by atoms with Crippen LogP contribution in [0.5, 0.6) is 0 Å². The summed E-state index contributed by atoms with van der Waals surface area (Å²) in [7, 11) is 0. The third-order valence-corrected chi connectivity index (χ3v) is 3.27. The van der Waals surface area contributed by atoms with Gasteiger partial charge in [0.2, 0.25) is 0 Å². The topological polar surface area (TPSA) is 64.0 Å². The van der Waals surface area contributed by atoms with Crippen LogP contribution in [-0.2, 0) is 6.54 Å². The second kappa shape index (κ2) is 5.95. The molecule has 0 atom stereocenters. The fourth-order valence-corrected chi connectivity index (χ4v) is 2.10. The highest BCUT2D eigenvalue weighted by atomic mass is 16.4. The zero-order valence-corrected chi connectivity index (χ0v) is 10.2. The predicted octanol–water partition coefficient (Wildman–Crippen LogP) is 0.452. The SMILES string of the molecule is O=C(O)c1ccc(CN2CCN(CO)CC2)cc1. The summed E-state index contributed by atoms with van der Waals surface area (Å²) in [5, 5.41) is 17.8. The Kier molecular flexibility index (Phi) is 4.30. The van der Waals surface area contributed by atoms with Crippen LogP contribution in [0.4, 0.5) is 0 Å². The number of carbonyl (C=O) groups is 1. The second-order valence-electron chi connectivity index (χ2n) is 4.54. The standard InChI is InChI=1S/C13H18N2O3/c16-10-15-7-5-14(6-8-15)9-11-1-3-12(4-2-11)13(17)18/h1-4,16H,5-10H2,(H,17,18). The molecule has 1 fully saturated rings. The van der Waals surface area contributed by atoms with E-state index < -0.39 is 5.97 Å². The normalized spacial score (nSPS) is 17.8. The van der Waals surface area contributed by atoms with Crippen molar-refractivity contribution in [2.45, 2.75) is 6.54 Å². The van der Waals surface area contributed by atoms with Crippen LogP contribution in [0.3, 0.4) is 0 Å². The van der Waals surface area contributed by atoms with Crippen molar-refractivity contribution < 1.29 is 15.0 Å². The van der Waals surface area contributed by atoms with Gasteiger partial charge in [0.15, 0.2) is 0 Å². The molecular weight excluding hydrogens is 232 g/mol. The number of hydrogen-bond acceptors (Lipinski definition) is 4. The molecule has 5 nitrogen and oxygen atoms in total. The quantitative estimate of drug-likeness (QED) is 0.812. The first-order valence-corrected chi connectivity index (χ1v) is 6.07. The zero-order chi connectivity index (χ0) is 13.0. The van der Waals surface area contributed by atoms with Gasteiger partial charge in [-0.05, 0) is 17.7 Å². The fraction of sp³-hybridized carbons (Fsp3) is 0.462. The van der Waals surface area contributed by atoms with E-state index in [2.05, 4.69) is 4.90 Å². The maximum Gasteiger partial charge on any atom is 0.335 e.